The standard InChI is InChI=1S/C3H7NO2.HI/c5-4-6-3-1-2-3;/h3H,1-2,4H2;1H/p-1. The van der Waals surface area contributed by atoms with Crippen LogP contribution in [0.3, 0.4) is 0 Å². The number of hydrogen-bond donors (Lipinski definition) is 1. The Bertz CT molecular complexity index is 48.2. The first kappa shape index (κ1) is 7.61. The van der Waals surface area contributed by atoms with Crippen molar-refractivity contribution in [1.29, 1.82) is 0 Å². The zero-order chi connectivity index (χ0) is 4.41. The molecule has 3 nitrogen and oxygen atoms in total. The molecule has 1 fully saturated rings. The molecule has 0 saturated heterocycles. The summed E-state index contributed by atoms with van der Waals surface area (Å²) >= 11 is 0. The molecule has 44 valence electrons. The summed E-state index contributed by atoms with van der Waals surface area (Å²) in [6.45, 7) is 0. The SMILES string of the molecule is [I-].[O-][NH2+]OC1CC1. The second kappa shape index (κ2) is 3.59. The van der Waals surface area contributed by atoms with Gasteiger partial charge in [-0.25, -0.2) is 10.5 Å². The van der Waals surface area contributed by atoms with E-state index < -0.39 is 0 Å². The zero-order valence-corrected chi connectivity index (χ0v) is 5.92. The molecule has 7 heavy (non-hydrogen) atoms. The van der Waals surface area contributed by atoms with E-state index in [-0.39, 0.29) is 30.1 Å². The second-order valence-corrected chi connectivity index (χ2v) is 1.43. The van der Waals surface area contributed by atoms with Gasteiger partial charge in [0, 0.05) is 0 Å². The summed E-state index contributed by atoms with van der Waals surface area (Å²) in [4.78, 5) is 4.47. The highest BCUT2D eigenvalue weighted by atomic mass is 127. The van der Waals surface area contributed by atoms with Crippen molar-refractivity contribution in [2.24, 2.45) is 0 Å². The van der Waals surface area contributed by atoms with Gasteiger partial charge < -0.3 is 29.2 Å². The molecule has 1 rings (SSSR count). The van der Waals surface area contributed by atoms with Crippen molar-refractivity contribution < 1.29 is 34.5 Å². The van der Waals surface area contributed by atoms with E-state index >= 15 is 0 Å². The molecule has 4 heteroatoms. The van der Waals surface area contributed by atoms with E-state index in [2.05, 4.69) is 4.84 Å². The Kier molecular flexibility index (Phi) is 3.91. The Morgan fingerprint density at radius 1 is 1.57 bits per heavy atom. The smallest absolute Gasteiger partial charge is 0.117 e. The quantitative estimate of drug-likeness (QED) is 0.379. The molecule has 0 aromatic heterocycles. The molecule has 0 spiro atoms. The number of quaternary nitrogens is 1. The van der Waals surface area contributed by atoms with Gasteiger partial charge in [-0.3, -0.25) is 0 Å². The van der Waals surface area contributed by atoms with Crippen LogP contribution in [0.25, 0.3) is 0 Å². The van der Waals surface area contributed by atoms with Crippen molar-refractivity contribution in [3.63, 3.8) is 0 Å². The van der Waals surface area contributed by atoms with Gasteiger partial charge in [0.15, 0.2) is 0 Å². The number of hydrogen-bond acceptors (Lipinski definition) is 2. The van der Waals surface area contributed by atoms with Crippen LogP contribution in [0.4, 0.5) is 0 Å². The summed E-state index contributed by atoms with van der Waals surface area (Å²) in [5.41, 5.74) is 0.512. The fourth-order valence-corrected chi connectivity index (χ4v) is 0.283. The van der Waals surface area contributed by atoms with Gasteiger partial charge in [-0.2, -0.15) is 0 Å². The third-order valence-corrected chi connectivity index (χ3v) is 0.772. The Labute approximate surface area is 59.0 Å². The van der Waals surface area contributed by atoms with Gasteiger partial charge in [-0.1, -0.05) is 0 Å². The van der Waals surface area contributed by atoms with Crippen LogP contribution >= 0.6 is 0 Å². The van der Waals surface area contributed by atoms with Crippen LogP contribution in [0.1, 0.15) is 12.8 Å². The van der Waals surface area contributed by atoms with Crippen LogP contribution in [-0.2, 0) is 4.84 Å². The highest BCUT2D eigenvalue weighted by Gasteiger charge is 2.23. The first-order valence-electron chi connectivity index (χ1n) is 2.02. The van der Waals surface area contributed by atoms with Crippen LogP contribution in [-0.4, -0.2) is 6.10 Å². The Morgan fingerprint density at radius 2 is 2.14 bits per heavy atom. The van der Waals surface area contributed by atoms with Crippen molar-refractivity contribution in [3.05, 3.63) is 5.21 Å². The van der Waals surface area contributed by atoms with Gasteiger partial charge in [0.05, 0.1) is 0 Å². The van der Waals surface area contributed by atoms with E-state index in [4.69, 9.17) is 0 Å². The summed E-state index contributed by atoms with van der Waals surface area (Å²) < 4.78 is 0. The van der Waals surface area contributed by atoms with E-state index in [1.54, 1.807) is 0 Å². The van der Waals surface area contributed by atoms with Crippen LogP contribution in [0.15, 0.2) is 0 Å². The second-order valence-electron chi connectivity index (χ2n) is 1.43. The van der Waals surface area contributed by atoms with Crippen molar-refractivity contribution in [1.82, 2.24) is 0 Å². The van der Waals surface area contributed by atoms with Crippen LogP contribution in [0.5, 0.6) is 0 Å². The van der Waals surface area contributed by atoms with Gasteiger partial charge >= 0.3 is 0 Å². The molecule has 2 N–H and O–H groups in total. The molecule has 0 amide bonds. The van der Waals surface area contributed by atoms with Gasteiger partial charge in [0.2, 0.25) is 0 Å². The molecule has 0 bridgehead atoms. The van der Waals surface area contributed by atoms with Gasteiger partial charge in [-0.15, -0.1) is 0 Å². The monoisotopic (exact) mass is 216 g/mol. The minimum absolute atomic E-state index is 0. The summed E-state index contributed by atoms with van der Waals surface area (Å²) in [7, 11) is 0. The maximum atomic E-state index is 9.43. The van der Waals surface area contributed by atoms with Crippen LogP contribution < -0.4 is 29.6 Å². The highest BCUT2D eigenvalue weighted by molar-refractivity contribution is 4.70. The van der Waals surface area contributed by atoms with E-state index in [9.17, 15) is 5.21 Å². The topological polar surface area (TPSA) is 48.9 Å². The Balaban J connectivity index is 0.000000360. The molecule has 1 saturated carbocycles. The van der Waals surface area contributed by atoms with Gasteiger partial charge in [0.1, 0.15) is 6.10 Å². The molecule has 0 unspecified atom stereocenters. The lowest BCUT2D eigenvalue weighted by Crippen LogP contribution is -3.00. The number of nitrogens with two attached hydrogens (primary N) is 1. The van der Waals surface area contributed by atoms with Crippen molar-refractivity contribution >= 4 is 0 Å². The lowest BCUT2D eigenvalue weighted by Gasteiger charge is -1.95. The molecule has 0 heterocycles. The predicted octanol–water partition coefficient (Wildman–Crippen LogP) is -3.85. The molecule has 0 aromatic carbocycles. The van der Waals surface area contributed by atoms with Crippen molar-refractivity contribution in [3.8, 4) is 0 Å². The summed E-state index contributed by atoms with van der Waals surface area (Å²) in [5.74, 6) is 0. The first-order chi connectivity index (χ1) is 2.93. The largest absolute Gasteiger partial charge is 1.00 e. The minimum atomic E-state index is 0. The van der Waals surface area contributed by atoms with Crippen LogP contribution in [0, 0.1) is 5.21 Å². The molecular formula is C3H7INO2-. The predicted molar refractivity (Wildman–Crippen MR) is 19.4 cm³/mol. The lowest BCUT2D eigenvalue weighted by atomic mass is 10.9. The lowest BCUT2D eigenvalue weighted by molar-refractivity contribution is -0.854. The fourth-order valence-electron chi connectivity index (χ4n) is 0.283. The fraction of sp³-hybridized carbons (Fsp3) is 1.00. The average Bonchev–Trinajstić information content (AvgIpc) is 2.21. The Hall–Kier alpha value is 0.610. The maximum Gasteiger partial charge on any atom is 0.117 e. The number of halogens is 1. The van der Waals surface area contributed by atoms with E-state index in [0.29, 0.717) is 5.64 Å². The molecule has 0 radical (unpaired) electrons. The molecule has 0 atom stereocenters. The molecule has 0 aromatic rings. The Morgan fingerprint density at radius 3 is 2.29 bits per heavy atom. The third-order valence-electron chi connectivity index (χ3n) is 0.772. The molecular weight excluding hydrogens is 209 g/mol. The molecule has 1 aliphatic rings. The molecule has 0 aliphatic heterocycles. The van der Waals surface area contributed by atoms with Crippen LogP contribution in [0.2, 0.25) is 0 Å². The zero-order valence-electron chi connectivity index (χ0n) is 3.76. The third kappa shape index (κ3) is 3.22. The van der Waals surface area contributed by atoms with Gasteiger partial charge in [0.25, 0.3) is 0 Å². The summed E-state index contributed by atoms with van der Waals surface area (Å²) in [5, 5.41) is 9.43. The van der Waals surface area contributed by atoms with E-state index in [0.717, 1.165) is 12.8 Å². The highest BCUT2D eigenvalue weighted by Crippen LogP contribution is 2.20. The van der Waals surface area contributed by atoms with Crippen molar-refractivity contribution in [2.75, 3.05) is 0 Å². The average molecular weight is 216 g/mol. The van der Waals surface area contributed by atoms with E-state index in [1.165, 1.54) is 0 Å². The summed E-state index contributed by atoms with van der Waals surface area (Å²) in [6.07, 6.45) is 2.42. The first-order valence-corrected chi connectivity index (χ1v) is 2.02. The summed E-state index contributed by atoms with van der Waals surface area (Å²) in [6, 6.07) is 0. The molecule has 1 aliphatic carbocycles. The number of rotatable bonds is 2. The minimum Gasteiger partial charge on any atom is -1.00 e. The van der Waals surface area contributed by atoms with Crippen molar-refractivity contribution in [2.45, 2.75) is 18.9 Å². The normalized spacial score (nSPS) is 18.4. The maximum absolute atomic E-state index is 9.43. The van der Waals surface area contributed by atoms with E-state index in [1.807, 2.05) is 0 Å². The van der Waals surface area contributed by atoms with Gasteiger partial charge in [-0.05, 0) is 12.8 Å².